The average Bonchev–Trinajstić information content (AvgIpc) is 2.98. The fourth-order valence-corrected chi connectivity index (χ4v) is 2.02. The molecular weight excluding hydrogens is 341 g/mol. The summed E-state index contributed by atoms with van der Waals surface area (Å²) < 4.78 is 57.6. The molecule has 0 aliphatic heterocycles. The van der Waals surface area contributed by atoms with E-state index in [0.29, 0.717) is 11.3 Å². The molecule has 0 N–H and O–H groups in total. The van der Waals surface area contributed by atoms with Crippen molar-refractivity contribution in [3.05, 3.63) is 36.5 Å². The minimum Gasteiger partial charge on any atom is -0.469 e. The quantitative estimate of drug-likeness (QED) is 0.522. The lowest BCUT2D eigenvalue weighted by atomic mass is 9.98. The molecule has 1 atom stereocenters. The third kappa shape index (κ3) is 3.54. The topological polar surface area (TPSA) is 65.2 Å². The van der Waals surface area contributed by atoms with Gasteiger partial charge in [-0.05, 0) is 13.0 Å². The lowest BCUT2D eigenvalue weighted by molar-refractivity contribution is 0.0201. The van der Waals surface area contributed by atoms with E-state index in [0.717, 1.165) is 4.40 Å². The van der Waals surface area contributed by atoms with Crippen molar-refractivity contribution in [3.63, 3.8) is 0 Å². The largest absolute Gasteiger partial charge is 0.469 e. The minimum atomic E-state index is -3.67. The van der Waals surface area contributed by atoms with Gasteiger partial charge < -0.3 is 4.74 Å². The minimum absolute atomic E-state index is 0.0103. The van der Waals surface area contributed by atoms with E-state index in [2.05, 4.69) is 20.2 Å². The standard InChI is InChI=1S/C14H10BF4N5O/c1-7(12(16)17)25-11-3-2-8(4-21-11)9-6-24-10(5-20-9)22-23-13(24)14(15,18)19/h2-7,12H,1H3. The molecule has 3 rings (SSSR count). The van der Waals surface area contributed by atoms with Crippen molar-refractivity contribution in [1.29, 1.82) is 0 Å². The van der Waals surface area contributed by atoms with Crippen molar-refractivity contribution in [3.8, 4) is 17.1 Å². The Morgan fingerprint density at radius 2 is 1.92 bits per heavy atom. The molecule has 3 aromatic heterocycles. The fraction of sp³-hybridized carbons (Fsp3) is 0.286. The number of aromatic nitrogens is 5. The highest BCUT2D eigenvalue weighted by Gasteiger charge is 2.30. The summed E-state index contributed by atoms with van der Waals surface area (Å²) in [6.45, 7) is 1.22. The molecule has 0 spiro atoms. The van der Waals surface area contributed by atoms with Crippen LogP contribution in [-0.4, -0.2) is 44.9 Å². The molecule has 0 fully saturated rings. The van der Waals surface area contributed by atoms with Crippen molar-refractivity contribution < 1.29 is 22.3 Å². The molecule has 11 heteroatoms. The summed E-state index contributed by atoms with van der Waals surface area (Å²) >= 11 is 0. The first-order valence-corrected chi connectivity index (χ1v) is 7.05. The van der Waals surface area contributed by atoms with Crippen molar-refractivity contribution in [2.75, 3.05) is 0 Å². The lowest BCUT2D eigenvalue weighted by Gasteiger charge is -2.12. The Morgan fingerprint density at radius 3 is 2.52 bits per heavy atom. The van der Waals surface area contributed by atoms with E-state index in [-0.39, 0.29) is 11.5 Å². The number of alkyl halides is 4. The van der Waals surface area contributed by atoms with Crippen LogP contribution >= 0.6 is 0 Å². The van der Waals surface area contributed by atoms with Gasteiger partial charge in [-0.2, -0.15) is 0 Å². The summed E-state index contributed by atoms with van der Waals surface area (Å²) in [5.41, 5.74) is 0.847. The van der Waals surface area contributed by atoms with Gasteiger partial charge in [-0.15, -0.1) is 10.2 Å². The molecule has 0 aromatic carbocycles. The SMILES string of the molecule is [B]C(F)(F)c1nnc2cnc(-c3ccc(OC(C)C(F)F)nc3)cn12. The van der Waals surface area contributed by atoms with Crippen LogP contribution in [-0.2, 0) is 5.82 Å². The number of fused-ring (bicyclic) bond motifs is 1. The molecule has 1 unspecified atom stereocenters. The first-order chi connectivity index (χ1) is 11.8. The highest BCUT2D eigenvalue weighted by atomic mass is 19.3. The van der Waals surface area contributed by atoms with Crippen LogP contribution in [0.3, 0.4) is 0 Å². The molecule has 0 saturated heterocycles. The maximum absolute atomic E-state index is 13.3. The van der Waals surface area contributed by atoms with Crippen LogP contribution in [0.2, 0.25) is 0 Å². The molecule has 128 valence electrons. The lowest BCUT2D eigenvalue weighted by Crippen LogP contribution is -2.21. The van der Waals surface area contributed by atoms with Crippen LogP contribution < -0.4 is 4.74 Å². The Labute approximate surface area is 140 Å². The zero-order valence-electron chi connectivity index (χ0n) is 12.8. The second kappa shape index (κ2) is 6.30. The zero-order chi connectivity index (χ0) is 18.2. The maximum Gasteiger partial charge on any atom is 0.274 e. The Kier molecular flexibility index (Phi) is 4.31. The number of ether oxygens (including phenoxy) is 1. The van der Waals surface area contributed by atoms with Gasteiger partial charge in [0.25, 0.3) is 12.2 Å². The summed E-state index contributed by atoms with van der Waals surface area (Å²) in [7, 11) is 4.78. The number of nitrogens with zero attached hydrogens (tertiary/aromatic N) is 5. The number of hydrogen-bond acceptors (Lipinski definition) is 5. The molecule has 6 nitrogen and oxygen atoms in total. The van der Waals surface area contributed by atoms with Gasteiger partial charge in [-0.3, -0.25) is 9.38 Å². The molecule has 25 heavy (non-hydrogen) atoms. The molecule has 0 saturated carbocycles. The van der Waals surface area contributed by atoms with E-state index in [1.54, 1.807) is 0 Å². The monoisotopic (exact) mass is 351 g/mol. The fourth-order valence-electron chi connectivity index (χ4n) is 2.02. The predicted molar refractivity (Wildman–Crippen MR) is 79.8 cm³/mol. The number of pyridine rings is 1. The van der Waals surface area contributed by atoms with Gasteiger partial charge in [0.1, 0.15) is 0 Å². The average molecular weight is 351 g/mol. The summed E-state index contributed by atoms with van der Waals surface area (Å²) in [6, 6.07) is 2.89. The second-order valence-corrected chi connectivity index (χ2v) is 5.19. The van der Waals surface area contributed by atoms with Gasteiger partial charge >= 0.3 is 0 Å². The third-order valence-corrected chi connectivity index (χ3v) is 3.28. The van der Waals surface area contributed by atoms with Gasteiger partial charge in [0.05, 0.1) is 11.9 Å². The van der Waals surface area contributed by atoms with Gasteiger partial charge in [0.2, 0.25) is 5.88 Å². The third-order valence-electron chi connectivity index (χ3n) is 3.28. The van der Waals surface area contributed by atoms with Crippen molar-refractivity contribution in [2.45, 2.75) is 25.3 Å². The highest BCUT2D eigenvalue weighted by Crippen LogP contribution is 2.25. The Bertz CT molecular complexity index is 881. The summed E-state index contributed by atoms with van der Waals surface area (Å²) in [5, 5.41) is 6.92. The molecule has 0 aliphatic rings. The van der Waals surface area contributed by atoms with Crippen LogP contribution in [0.5, 0.6) is 5.88 Å². The molecule has 3 aromatic rings. The zero-order valence-corrected chi connectivity index (χ0v) is 12.8. The van der Waals surface area contributed by atoms with Gasteiger partial charge in [-0.25, -0.2) is 22.5 Å². The molecule has 0 bridgehead atoms. The van der Waals surface area contributed by atoms with Crippen LogP contribution in [0.25, 0.3) is 16.9 Å². The van der Waals surface area contributed by atoms with Crippen molar-refractivity contribution in [2.24, 2.45) is 0 Å². The molecular formula is C14H10BF4N5O. The summed E-state index contributed by atoms with van der Waals surface area (Å²) in [5.74, 6) is -4.39. The molecule has 0 amide bonds. The first kappa shape index (κ1) is 17.1. The maximum atomic E-state index is 13.3. The Balaban J connectivity index is 1.91. The van der Waals surface area contributed by atoms with E-state index >= 15 is 0 Å². The number of rotatable bonds is 5. The van der Waals surface area contributed by atoms with Crippen molar-refractivity contribution >= 4 is 13.5 Å². The Hall–Kier alpha value is -2.72. The normalized spacial score (nSPS) is 13.4. The summed E-state index contributed by atoms with van der Waals surface area (Å²) in [4.78, 5) is 7.99. The van der Waals surface area contributed by atoms with E-state index in [9.17, 15) is 17.6 Å². The van der Waals surface area contributed by atoms with Gasteiger partial charge in [0, 0.05) is 24.0 Å². The second-order valence-electron chi connectivity index (χ2n) is 5.19. The predicted octanol–water partition coefficient (Wildman–Crippen LogP) is 2.44. The number of hydrogen-bond donors (Lipinski definition) is 0. The van der Waals surface area contributed by atoms with E-state index < -0.39 is 24.2 Å². The van der Waals surface area contributed by atoms with Crippen LogP contribution in [0.15, 0.2) is 30.7 Å². The van der Waals surface area contributed by atoms with Crippen molar-refractivity contribution in [1.82, 2.24) is 24.6 Å². The van der Waals surface area contributed by atoms with Crippen LogP contribution in [0, 0.1) is 0 Å². The summed E-state index contributed by atoms with van der Waals surface area (Å²) in [6.07, 6.45) is -0.0902. The Morgan fingerprint density at radius 1 is 1.16 bits per heavy atom. The van der Waals surface area contributed by atoms with Gasteiger partial charge in [-0.1, -0.05) is 0 Å². The van der Waals surface area contributed by atoms with E-state index in [1.807, 2.05) is 0 Å². The number of halogens is 4. The smallest absolute Gasteiger partial charge is 0.274 e. The molecule has 2 radical (unpaired) electrons. The van der Waals surface area contributed by atoms with Crippen LogP contribution in [0.4, 0.5) is 17.6 Å². The molecule has 3 heterocycles. The van der Waals surface area contributed by atoms with Crippen LogP contribution in [0.1, 0.15) is 12.7 Å². The first-order valence-electron chi connectivity index (χ1n) is 7.05. The highest BCUT2D eigenvalue weighted by molar-refractivity contribution is 6.13. The molecule has 0 aliphatic carbocycles. The van der Waals surface area contributed by atoms with Gasteiger partial charge in [0.15, 0.2) is 25.4 Å². The van der Waals surface area contributed by atoms with E-state index in [4.69, 9.17) is 12.6 Å². The van der Waals surface area contributed by atoms with E-state index in [1.165, 1.54) is 37.6 Å².